The summed E-state index contributed by atoms with van der Waals surface area (Å²) in [4.78, 5) is 0. The van der Waals surface area contributed by atoms with E-state index in [9.17, 15) is 0 Å². The van der Waals surface area contributed by atoms with Crippen molar-refractivity contribution < 1.29 is 0 Å². The van der Waals surface area contributed by atoms with Crippen LogP contribution in [-0.2, 0) is 0 Å². The Kier molecular flexibility index (Phi) is 4.72. The molecule has 0 bridgehead atoms. The second kappa shape index (κ2) is 6.78. The molecule has 0 fully saturated rings. The normalized spacial score (nSPS) is 17.5. The van der Waals surface area contributed by atoms with Gasteiger partial charge in [-0.05, 0) is 48.1 Å². The number of hydrazone groups is 1. The van der Waals surface area contributed by atoms with Crippen molar-refractivity contribution in [3.63, 3.8) is 0 Å². The van der Waals surface area contributed by atoms with Crippen LogP contribution >= 0.6 is 0 Å². The van der Waals surface area contributed by atoms with Crippen LogP contribution in [-0.4, -0.2) is 12.3 Å². The lowest BCUT2D eigenvalue weighted by Gasteiger charge is -2.26. The lowest BCUT2D eigenvalue weighted by molar-refractivity contribution is 0.705. The van der Waals surface area contributed by atoms with Crippen LogP contribution in [0.2, 0.25) is 0 Å². The third kappa shape index (κ3) is 3.22. The van der Waals surface area contributed by atoms with Crippen molar-refractivity contribution in [2.45, 2.75) is 46.1 Å². The Morgan fingerprint density at radius 2 is 1.83 bits per heavy atom. The van der Waals surface area contributed by atoms with E-state index in [0.717, 1.165) is 12.1 Å². The zero-order valence-electron chi connectivity index (χ0n) is 15.1. The van der Waals surface area contributed by atoms with Gasteiger partial charge in [-0.15, -0.1) is 0 Å². The van der Waals surface area contributed by atoms with Crippen molar-refractivity contribution in [3.05, 3.63) is 64.7 Å². The van der Waals surface area contributed by atoms with Crippen molar-refractivity contribution in [2.75, 3.05) is 11.6 Å². The fourth-order valence-corrected chi connectivity index (χ4v) is 3.25. The molecule has 0 saturated heterocycles. The molecule has 1 unspecified atom stereocenters. The van der Waals surface area contributed by atoms with Gasteiger partial charge < -0.3 is 5.73 Å². The van der Waals surface area contributed by atoms with Crippen LogP contribution in [0.5, 0.6) is 0 Å². The molecule has 2 aromatic rings. The number of hydrogen-bond acceptors (Lipinski definition) is 3. The molecule has 0 saturated carbocycles. The number of benzene rings is 2. The van der Waals surface area contributed by atoms with Gasteiger partial charge in [0.05, 0.1) is 17.4 Å². The molecular weight excluding hydrogens is 294 g/mol. The van der Waals surface area contributed by atoms with E-state index < -0.39 is 0 Å². The van der Waals surface area contributed by atoms with Gasteiger partial charge in [-0.2, -0.15) is 5.10 Å². The number of nitrogens with two attached hydrogens (primary N) is 1. The Hall–Kier alpha value is -2.13. The van der Waals surface area contributed by atoms with Gasteiger partial charge in [0.25, 0.3) is 0 Å². The second-order valence-electron chi connectivity index (χ2n) is 7.05. The summed E-state index contributed by atoms with van der Waals surface area (Å²) in [6.07, 6.45) is 0.894. The summed E-state index contributed by atoms with van der Waals surface area (Å²) in [5.74, 6) is 0.550. The summed E-state index contributed by atoms with van der Waals surface area (Å²) in [5.41, 5.74) is 13.3. The van der Waals surface area contributed by atoms with Gasteiger partial charge >= 0.3 is 0 Å². The maximum Gasteiger partial charge on any atom is 0.0828 e. The molecule has 0 aromatic heterocycles. The molecule has 1 atom stereocenters. The first-order chi connectivity index (χ1) is 11.5. The van der Waals surface area contributed by atoms with Gasteiger partial charge in [-0.3, -0.25) is 5.01 Å². The summed E-state index contributed by atoms with van der Waals surface area (Å²) in [6.45, 7) is 9.23. The van der Waals surface area contributed by atoms with Crippen LogP contribution in [0.4, 0.5) is 5.69 Å². The summed E-state index contributed by atoms with van der Waals surface area (Å²) >= 11 is 0. The fraction of sp³-hybridized carbons (Fsp3) is 0.381. The SMILES string of the molecule is Cc1ccc(C)c(N2N=C(CN)CC2c2ccc(C(C)C)cc2)c1. The van der Waals surface area contributed by atoms with Crippen LogP contribution in [0, 0.1) is 13.8 Å². The van der Waals surface area contributed by atoms with Gasteiger partial charge in [-0.25, -0.2) is 0 Å². The summed E-state index contributed by atoms with van der Waals surface area (Å²) < 4.78 is 0. The van der Waals surface area contributed by atoms with Gasteiger partial charge in [0.15, 0.2) is 0 Å². The molecule has 1 aliphatic heterocycles. The first-order valence-electron chi connectivity index (χ1n) is 8.72. The third-order valence-corrected chi connectivity index (χ3v) is 4.81. The predicted molar refractivity (Wildman–Crippen MR) is 103 cm³/mol. The highest BCUT2D eigenvalue weighted by molar-refractivity contribution is 5.90. The molecule has 2 N–H and O–H groups in total. The zero-order chi connectivity index (χ0) is 17.3. The van der Waals surface area contributed by atoms with Gasteiger partial charge in [0, 0.05) is 13.0 Å². The molecule has 3 nitrogen and oxygen atoms in total. The van der Waals surface area contributed by atoms with Gasteiger partial charge in [-0.1, -0.05) is 50.2 Å². The van der Waals surface area contributed by atoms with E-state index in [1.54, 1.807) is 0 Å². The maximum absolute atomic E-state index is 5.89. The lowest BCUT2D eigenvalue weighted by Crippen LogP contribution is -2.19. The summed E-state index contributed by atoms with van der Waals surface area (Å²) in [5, 5.41) is 6.98. The van der Waals surface area contributed by atoms with Crippen molar-refractivity contribution in [3.8, 4) is 0 Å². The Morgan fingerprint density at radius 3 is 2.46 bits per heavy atom. The molecular formula is C21H27N3. The standard InChI is InChI=1S/C21H27N3/c1-14(2)17-7-9-18(10-8-17)21-12-19(13-22)23-24(21)20-11-15(3)5-6-16(20)4/h5-11,14,21H,12-13,22H2,1-4H3. The molecule has 0 amide bonds. The lowest BCUT2D eigenvalue weighted by atomic mass is 9.96. The average molecular weight is 321 g/mol. The quantitative estimate of drug-likeness (QED) is 0.887. The molecule has 2 aromatic carbocycles. The molecule has 126 valence electrons. The number of nitrogens with zero attached hydrogens (tertiary/aromatic N) is 2. The van der Waals surface area contributed by atoms with Crippen LogP contribution in [0.25, 0.3) is 0 Å². The molecule has 1 aliphatic rings. The minimum atomic E-state index is 0.227. The molecule has 0 aliphatic carbocycles. The van der Waals surface area contributed by atoms with Crippen molar-refractivity contribution >= 4 is 11.4 Å². The summed E-state index contributed by atoms with van der Waals surface area (Å²) in [7, 11) is 0. The van der Waals surface area contributed by atoms with E-state index in [2.05, 4.69) is 75.2 Å². The minimum Gasteiger partial charge on any atom is -0.325 e. The van der Waals surface area contributed by atoms with E-state index in [0.29, 0.717) is 12.5 Å². The van der Waals surface area contributed by atoms with Crippen LogP contribution < -0.4 is 10.7 Å². The molecule has 24 heavy (non-hydrogen) atoms. The topological polar surface area (TPSA) is 41.6 Å². The minimum absolute atomic E-state index is 0.227. The van der Waals surface area contributed by atoms with Gasteiger partial charge in [0.2, 0.25) is 0 Å². The highest BCUT2D eigenvalue weighted by Gasteiger charge is 2.29. The second-order valence-corrected chi connectivity index (χ2v) is 7.05. The van der Waals surface area contributed by atoms with E-state index in [1.807, 2.05) is 0 Å². The third-order valence-electron chi connectivity index (χ3n) is 4.81. The van der Waals surface area contributed by atoms with Crippen molar-refractivity contribution in [1.82, 2.24) is 0 Å². The monoisotopic (exact) mass is 321 g/mol. The van der Waals surface area contributed by atoms with Crippen molar-refractivity contribution in [1.29, 1.82) is 0 Å². The first kappa shape index (κ1) is 16.7. The highest BCUT2D eigenvalue weighted by Crippen LogP contribution is 2.37. The molecule has 1 heterocycles. The Bertz CT molecular complexity index is 744. The van der Waals surface area contributed by atoms with Crippen LogP contribution in [0.3, 0.4) is 0 Å². The smallest absolute Gasteiger partial charge is 0.0828 e. The number of rotatable bonds is 4. The zero-order valence-corrected chi connectivity index (χ0v) is 15.1. The Morgan fingerprint density at radius 1 is 1.12 bits per heavy atom. The highest BCUT2D eigenvalue weighted by atomic mass is 15.5. The van der Waals surface area contributed by atoms with Crippen molar-refractivity contribution in [2.24, 2.45) is 10.8 Å². The van der Waals surface area contributed by atoms with Crippen LogP contribution in [0.1, 0.15) is 54.5 Å². The number of hydrogen-bond donors (Lipinski definition) is 1. The van der Waals surface area contributed by atoms with E-state index in [4.69, 9.17) is 10.8 Å². The molecule has 3 heteroatoms. The first-order valence-corrected chi connectivity index (χ1v) is 8.72. The maximum atomic E-state index is 5.89. The Balaban J connectivity index is 1.98. The van der Waals surface area contributed by atoms with E-state index in [1.165, 1.54) is 27.9 Å². The molecule has 0 radical (unpaired) electrons. The average Bonchev–Trinajstić information content (AvgIpc) is 3.01. The largest absolute Gasteiger partial charge is 0.325 e. The molecule has 0 spiro atoms. The predicted octanol–water partition coefficient (Wildman–Crippen LogP) is 4.69. The summed E-state index contributed by atoms with van der Waals surface area (Å²) in [6, 6.07) is 15.7. The van der Waals surface area contributed by atoms with Gasteiger partial charge in [0.1, 0.15) is 0 Å². The Labute approximate surface area is 145 Å². The fourth-order valence-electron chi connectivity index (χ4n) is 3.25. The van der Waals surface area contributed by atoms with E-state index in [-0.39, 0.29) is 6.04 Å². The number of aryl methyl sites for hydroxylation is 2. The number of anilines is 1. The van der Waals surface area contributed by atoms with E-state index >= 15 is 0 Å². The van der Waals surface area contributed by atoms with Crippen LogP contribution in [0.15, 0.2) is 47.6 Å². The molecule has 3 rings (SSSR count).